The second kappa shape index (κ2) is 7.46. The molecule has 0 aliphatic carbocycles. The zero-order valence-electron chi connectivity index (χ0n) is 12.8. The minimum atomic E-state index is -0.253. The van der Waals surface area contributed by atoms with Gasteiger partial charge in [-0.3, -0.25) is 0 Å². The highest BCUT2D eigenvalue weighted by Gasteiger charge is 2.12. The molecule has 0 aromatic heterocycles. The molecule has 0 radical (unpaired) electrons. The van der Waals surface area contributed by atoms with E-state index >= 15 is 0 Å². The first-order valence-electron chi connectivity index (χ1n) is 6.99. The van der Waals surface area contributed by atoms with Crippen molar-refractivity contribution in [3.8, 4) is 0 Å². The van der Waals surface area contributed by atoms with Crippen LogP contribution in [0.5, 0.6) is 0 Å². The van der Waals surface area contributed by atoms with Gasteiger partial charge < -0.3 is 9.47 Å². The molecule has 0 N–H and O–H groups in total. The number of hydrogen-bond donors (Lipinski definition) is 0. The fourth-order valence-electron chi connectivity index (χ4n) is 1.77. The third-order valence-corrected chi connectivity index (χ3v) is 2.88. The maximum Gasteiger partial charge on any atom is 0.177 e. The van der Waals surface area contributed by atoms with E-state index in [1.54, 1.807) is 0 Å². The van der Waals surface area contributed by atoms with Gasteiger partial charge in [-0.05, 0) is 36.5 Å². The molecule has 0 saturated carbocycles. The van der Waals surface area contributed by atoms with E-state index in [9.17, 15) is 0 Å². The van der Waals surface area contributed by atoms with Crippen molar-refractivity contribution in [1.82, 2.24) is 0 Å². The van der Waals surface area contributed by atoms with E-state index in [-0.39, 0.29) is 11.7 Å². The summed E-state index contributed by atoms with van der Waals surface area (Å²) in [5.74, 6) is 0. The van der Waals surface area contributed by atoms with E-state index in [1.165, 1.54) is 5.56 Å². The average molecular weight is 262 g/mol. The van der Waals surface area contributed by atoms with Crippen LogP contribution in [0.2, 0.25) is 0 Å². The summed E-state index contributed by atoms with van der Waals surface area (Å²) < 4.78 is 10.9. The Balaban J connectivity index is 2.70. The second-order valence-electron chi connectivity index (χ2n) is 5.51. The molecule has 0 unspecified atom stereocenters. The van der Waals surface area contributed by atoms with Crippen molar-refractivity contribution in [2.75, 3.05) is 13.2 Å². The Morgan fingerprint density at radius 1 is 1.00 bits per heavy atom. The van der Waals surface area contributed by atoms with Gasteiger partial charge in [0.05, 0.1) is 0 Å². The molecule has 2 nitrogen and oxygen atoms in total. The predicted molar refractivity (Wildman–Crippen MR) is 81.2 cm³/mol. The largest absolute Gasteiger partial charge is 0.349 e. The van der Waals surface area contributed by atoms with Crippen molar-refractivity contribution >= 4 is 6.08 Å². The van der Waals surface area contributed by atoms with Gasteiger partial charge in [-0.1, -0.05) is 51.1 Å². The van der Waals surface area contributed by atoms with Crippen molar-refractivity contribution in [1.29, 1.82) is 0 Å². The minimum absolute atomic E-state index is 0.196. The van der Waals surface area contributed by atoms with Gasteiger partial charge in [-0.15, -0.1) is 0 Å². The van der Waals surface area contributed by atoms with Gasteiger partial charge in [-0.2, -0.15) is 0 Å². The summed E-state index contributed by atoms with van der Waals surface area (Å²) in [5, 5.41) is 0. The van der Waals surface area contributed by atoms with Crippen LogP contribution in [0, 0.1) is 0 Å². The zero-order chi connectivity index (χ0) is 14.3. The molecular formula is C17H26O2. The van der Waals surface area contributed by atoms with Crippen molar-refractivity contribution in [2.45, 2.75) is 46.3 Å². The van der Waals surface area contributed by atoms with E-state index in [0.717, 1.165) is 5.56 Å². The smallest absolute Gasteiger partial charge is 0.177 e. The molecular weight excluding hydrogens is 236 g/mol. The molecule has 1 aromatic carbocycles. The molecule has 0 spiro atoms. The van der Waals surface area contributed by atoms with Crippen LogP contribution in [0.15, 0.2) is 30.3 Å². The highest BCUT2D eigenvalue weighted by Crippen LogP contribution is 2.22. The van der Waals surface area contributed by atoms with Crippen molar-refractivity contribution in [3.63, 3.8) is 0 Å². The van der Waals surface area contributed by atoms with Gasteiger partial charge in [-0.25, -0.2) is 0 Å². The molecule has 2 heteroatoms. The lowest BCUT2D eigenvalue weighted by molar-refractivity contribution is -0.103. The van der Waals surface area contributed by atoms with E-state index in [4.69, 9.17) is 9.47 Å². The normalized spacial score (nSPS) is 12.5. The lowest BCUT2D eigenvalue weighted by Crippen LogP contribution is -2.14. The highest BCUT2D eigenvalue weighted by atomic mass is 16.7. The van der Waals surface area contributed by atoms with Gasteiger partial charge in [0, 0.05) is 13.2 Å². The molecule has 19 heavy (non-hydrogen) atoms. The quantitative estimate of drug-likeness (QED) is 0.708. The summed E-state index contributed by atoms with van der Waals surface area (Å²) in [6, 6.07) is 8.62. The third-order valence-electron chi connectivity index (χ3n) is 2.88. The molecule has 106 valence electrons. The SMILES string of the molecule is CCOC(C=Cc1ccc(C(C)(C)C)cc1)OCC. The summed E-state index contributed by atoms with van der Waals surface area (Å²) >= 11 is 0. The summed E-state index contributed by atoms with van der Waals surface area (Å²) in [6.45, 7) is 11.9. The molecule has 0 atom stereocenters. The van der Waals surface area contributed by atoms with E-state index < -0.39 is 0 Å². The van der Waals surface area contributed by atoms with Gasteiger partial charge in [0.1, 0.15) is 0 Å². The Morgan fingerprint density at radius 3 is 1.95 bits per heavy atom. The number of rotatable bonds is 6. The minimum Gasteiger partial charge on any atom is -0.349 e. The highest BCUT2D eigenvalue weighted by molar-refractivity contribution is 5.50. The average Bonchev–Trinajstić information content (AvgIpc) is 2.36. The number of ether oxygens (including phenoxy) is 2. The monoisotopic (exact) mass is 262 g/mol. The lowest BCUT2D eigenvalue weighted by atomic mass is 9.87. The van der Waals surface area contributed by atoms with Crippen molar-refractivity contribution in [2.24, 2.45) is 0 Å². The predicted octanol–water partition coefficient (Wildman–Crippen LogP) is 4.40. The van der Waals surface area contributed by atoms with Gasteiger partial charge >= 0.3 is 0 Å². The standard InChI is InChI=1S/C17H26O2/c1-6-18-16(19-7-2)13-10-14-8-11-15(12-9-14)17(3,4)5/h8-13,16H,6-7H2,1-5H3. The molecule has 1 rings (SSSR count). The van der Waals surface area contributed by atoms with Gasteiger partial charge in [0.15, 0.2) is 6.29 Å². The fraction of sp³-hybridized carbons (Fsp3) is 0.529. The molecule has 0 aliphatic rings. The Hall–Kier alpha value is -1.12. The van der Waals surface area contributed by atoms with Crippen LogP contribution in [0.4, 0.5) is 0 Å². The summed E-state index contributed by atoms with van der Waals surface area (Å²) in [5.41, 5.74) is 2.70. The molecule has 1 aromatic rings. The maximum absolute atomic E-state index is 5.47. The number of benzene rings is 1. The summed E-state index contributed by atoms with van der Waals surface area (Å²) in [4.78, 5) is 0. The molecule has 0 heterocycles. The Bertz CT molecular complexity index is 379. The first-order chi connectivity index (χ1) is 8.97. The van der Waals surface area contributed by atoms with Crippen LogP contribution in [0.25, 0.3) is 6.08 Å². The summed E-state index contributed by atoms with van der Waals surface area (Å²) in [6.07, 6.45) is 3.75. The van der Waals surface area contributed by atoms with Crippen LogP contribution >= 0.6 is 0 Å². The Morgan fingerprint density at radius 2 is 1.53 bits per heavy atom. The second-order valence-corrected chi connectivity index (χ2v) is 5.51. The van der Waals surface area contributed by atoms with E-state index in [0.29, 0.717) is 13.2 Å². The van der Waals surface area contributed by atoms with Crippen LogP contribution in [-0.4, -0.2) is 19.5 Å². The van der Waals surface area contributed by atoms with E-state index in [2.05, 4.69) is 45.0 Å². The first kappa shape index (κ1) is 15.9. The fourth-order valence-corrected chi connectivity index (χ4v) is 1.77. The zero-order valence-corrected chi connectivity index (χ0v) is 12.8. The van der Waals surface area contributed by atoms with E-state index in [1.807, 2.05) is 26.0 Å². The van der Waals surface area contributed by atoms with Crippen LogP contribution in [-0.2, 0) is 14.9 Å². The number of hydrogen-bond acceptors (Lipinski definition) is 2. The van der Waals surface area contributed by atoms with Gasteiger partial charge in [0.2, 0.25) is 0 Å². The topological polar surface area (TPSA) is 18.5 Å². The third kappa shape index (κ3) is 5.58. The van der Waals surface area contributed by atoms with Crippen LogP contribution in [0.3, 0.4) is 0 Å². The lowest BCUT2D eigenvalue weighted by Gasteiger charge is -2.18. The van der Waals surface area contributed by atoms with Crippen LogP contribution < -0.4 is 0 Å². The van der Waals surface area contributed by atoms with Crippen LogP contribution in [0.1, 0.15) is 45.7 Å². The molecule has 0 amide bonds. The van der Waals surface area contributed by atoms with Crippen molar-refractivity contribution < 1.29 is 9.47 Å². The Kier molecular flexibility index (Phi) is 6.26. The summed E-state index contributed by atoms with van der Waals surface area (Å²) in [7, 11) is 0. The van der Waals surface area contributed by atoms with Crippen molar-refractivity contribution in [3.05, 3.63) is 41.5 Å². The molecule has 0 aliphatic heterocycles. The Labute approximate surface area is 117 Å². The molecule has 0 saturated heterocycles. The maximum atomic E-state index is 5.47. The van der Waals surface area contributed by atoms with Gasteiger partial charge in [0.25, 0.3) is 0 Å². The molecule has 0 fully saturated rings. The molecule has 0 bridgehead atoms. The first-order valence-corrected chi connectivity index (χ1v) is 6.99.